The third kappa shape index (κ3) is 2.84. The fourth-order valence-corrected chi connectivity index (χ4v) is 1.86. The van der Waals surface area contributed by atoms with Gasteiger partial charge in [0.25, 0.3) is 0 Å². The van der Waals surface area contributed by atoms with Crippen molar-refractivity contribution in [3.63, 3.8) is 0 Å². The molecule has 2 aromatic rings. The number of hydrogen-bond acceptors (Lipinski definition) is 4. The molecular weight excluding hydrogens is 262 g/mol. The van der Waals surface area contributed by atoms with E-state index in [9.17, 15) is 8.78 Å². The normalized spacial score (nSPS) is 14.2. The first-order valence-corrected chi connectivity index (χ1v) is 6.45. The minimum Gasteiger partial charge on any atom is -0.367 e. The van der Waals surface area contributed by atoms with Crippen LogP contribution in [0.2, 0.25) is 0 Å². The second-order valence-corrected chi connectivity index (χ2v) is 4.86. The molecule has 1 fully saturated rings. The molecule has 0 radical (unpaired) electrons. The van der Waals surface area contributed by atoms with Crippen LogP contribution in [0, 0.1) is 18.6 Å². The maximum atomic E-state index is 13.6. The van der Waals surface area contributed by atoms with Crippen molar-refractivity contribution in [2.24, 2.45) is 0 Å². The van der Waals surface area contributed by atoms with Crippen molar-refractivity contribution in [1.29, 1.82) is 0 Å². The second kappa shape index (κ2) is 5.03. The Hall–Kier alpha value is -2.24. The molecular formula is C14H14F2N4. The van der Waals surface area contributed by atoms with Gasteiger partial charge in [-0.25, -0.2) is 13.8 Å². The number of nitrogens with one attached hydrogen (secondary N) is 2. The van der Waals surface area contributed by atoms with Crippen LogP contribution in [0.4, 0.5) is 26.2 Å². The monoisotopic (exact) mass is 276 g/mol. The lowest BCUT2D eigenvalue weighted by Gasteiger charge is -2.10. The predicted octanol–water partition coefficient (Wildman–Crippen LogP) is 3.38. The number of halogens is 2. The number of para-hydroxylation sites is 1. The first-order chi connectivity index (χ1) is 9.61. The molecule has 1 heterocycles. The summed E-state index contributed by atoms with van der Waals surface area (Å²) in [5, 5.41) is 5.84. The molecule has 3 rings (SSSR count). The molecule has 0 aliphatic heterocycles. The van der Waals surface area contributed by atoms with Crippen molar-refractivity contribution in [1.82, 2.24) is 9.97 Å². The molecule has 1 aromatic heterocycles. The molecule has 6 heteroatoms. The van der Waals surface area contributed by atoms with Gasteiger partial charge < -0.3 is 10.6 Å². The molecule has 0 spiro atoms. The SMILES string of the molecule is Cc1cc(NC2CC2)nc(Nc2c(F)cccc2F)n1. The van der Waals surface area contributed by atoms with Gasteiger partial charge in [-0.3, -0.25) is 0 Å². The van der Waals surface area contributed by atoms with Gasteiger partial charge in [0.15, 0.2) is 0 Å². The summed E-state index contributed by atoms with van der Waals surface area (Å²) in [6.45, 7) is 1.81. The average molecular weight is 276 g/mol. The molecule has 1 saturated carbocycles. The van der Waals surface area contributed by atoms with Crippen molar-refractivity contribution < 1.29 is 8.78 Å². The maximum absolute atomic E-state index is 13.6. The molecule has 0 atom stereocenters. The van der Waals surface area contributed by atoms with Gasteiger partial charge in [0, 0.05) is 17.8 Å². The van der Waals surface area contributed by atoms with E-state index in [1.165, 1.54) is 18.2 Å². The highest BCUT2D eigenvalue weighted by molar-refractivity contribution is 5.57. The standard InChI is InChI=1S/C14H14F2N4/c1-8-7-12(18-9-5-6-9)19-14(17-8)20-13-10(15)3-2-4-11(13)16/h2-4,7,9H,5-6H2,1H3,(H2,17,18,19,20). The quantitative estimate of drug-likeness (QED) is 0.898. The Morgan fingerprint density at radius 2 is 1.85 bits per heavy atom. The average Bonchev–Trinajstić information content (AvgIpc) is 3.17. The molecule has 4 nitrogen and oxygen atoms in total. The molecule has 0 unspecified atom stereocenters. The zero-order chi connectivity index (χ0) is 14.1. The van der Waals surface area contributed by atoms with Crippen molar-refractivity contribution in [3.05, 3.63) is 41.6 Å². The number of nitrogens with zero attached hydrogens (tertiary/aromatic N) is 2. The van der Waals surface area contributed by atoms with Crippen molar-refractivity contribution >= 4 is 17.5 Å². The number of benzene rings is 1. The van der Waals surface area contributed by atoms with E-state index in [1.807, 2.05) is 6.92 Å². The van der Waals surface area contributed by atoms with Crippen LogP contribution >= 0.6 is 0 Å². The summed E-state index contributed by atoms with van der Waals surface area (Å²) in [7, 11) is 0. The zero-order valence-electron chi connectivity index (χ0n) is 11.0. The van der Waals surface area contributed by atoms with Gasteiger partial charge in [0.2, 0.25) is 5.95 Å². The third-order valence-corrected chi connectivity index (χ3v) is 2.98. The Balaban J connectivity index is 1.87. The van der Waals surface area contributed by atoms with E-state index in [1.54, 1.807) is 6.07 Å². The van der Waals surface area contributed by atoms with Gasteiger partial charge in [-0.1, -0.05) is 6.07 Å². The molecule has 1 aromatic carbocycles. The topological polar surface area (TPSA) is 49.8 Å². The molecule has 2 N–H and O–H groups in total. The van der Waals surface area contributed by atoms with E-state index in [2.05, 4.69) is 20.6 Å². The molecule has 104 valence electrons. The number of hydrogen-bond donors (Lipinski definition) is 2. The Morgan fingerprint density at radius 3 is 2.50 bits per heavy atom. The van der Waals surface area contributed by atoms with E-state index in [-0.39, 0.29) is 11.6 Å². The summed E-state index contributed by atoms with van der Waals surface area (Å²) < 4.78 is 27.2. The Kier molecular flexibility index (Phi) is 3.22. The fourth-order valence-electron chi connectivity index (χ4n) is 1.86. The van der Waals surface area contributed by atoms with E-state index in [0.717, 1.165) is 18.5 Å². The van der Waals surface area contributed by atoms with Gasteiger partial charge >= 0.3 is 0 Å². The lowest BCUT2D eigenvalue weighted by atomic mass is 10.3. The first-order valence-electron chi connectivity index (χ1n) is 6.45. The molecule has 1 aliphatic rings. The largest absolute Gasteiger partial charge is 0.367 e. The van der Waals surface area contributed by atoms with Gasteiger partial charge in [0.05, 0.1) is 0 Å². The summed E-state index contributed by atoms with van der Waals surface area (Å²) in [5.74, 6) is -0.505. The van der Waals surface area contributed by atoms with E-state index < -0.39 is 11.6 Å². The molecule has 0 saturated heterocycles. The van der Waals surface area contributed by atoms with Crippen LogP contribution in [0.1, 0.15) is 18.5 Å². The third-order valence-electron chi connectivity index (χ3n) is 2.98. The van der Waals surface area contributed by atoms with Crippen LogP contribution in [-0.2, 0) is 0 Å². The van der Waals surface area contributed by atoms with Crippen LogP contribution in [0.5, 0.6) is 0 Å². The van der Waals surface area contributed by atoms with Crippen molar-refractivity contribution in [2.75, 3.05) is 10.6 Å². The molecule has 0 amide bonds. The molecule has 1 aliphatic carbocycles. The predicted molar refractivity (Wildman–Crippen MR) is 73.1 cm³/mol. The number of anilines is 3. The number of aromatic nitrogens is 2. The lowest BCUT2D eigenvalue weighted by molar-refractivity contribution is 0.590. The van der Waals surface area contributed by atoms with Gasteiger partial charge in [-0.05, 0) is 31.9 Å². The summed E-state index contributed by atoms with van der Waals surface area (Å²) >= 11 is 0. The van der Waals surface area contributed by atoms with Crippen LogP contribution in [-0.4, -0.2) is 16.0 Å². The number of rotatable bonds is 4. The highest BCUT2D eigenvalue weighted by Crippen LogP contribution is 2.26. The summed E-state index contributed by atoms with van der Waals surface area (Å²) in [6.07, 6.45) is 2.24. The minimum absolute atomic E-state index is 0.178. The zero-order valence-corrected chi connectivity index (χ0v) is 11.0. The van der Waals surface area contributed by atoms with Crippen LogP contribution in [0.25, 0.3) is 0 Å². The minimum atomic E-state index is -0.674. The fraction of sp³-hybridized carbons (Fsp3) is 0.286. The van der Waals surface area contributed by atoms with Gasteiger partial charge in [0.1, 0.15) is 23.1 Å². The Labute approximate surface area is 115 Å². The maximum Gasteiger partial charge on any atom is 0.229 e. The van der Waals surface area contributed by atoms with Crippen LogP contribution in [0.15, 0.2) is 24.3 Å². The van der Waals surface area contributed by atoms with Crippen molar-refractivity contribution in [3.8, 4) is 0 Å². The molecule has 20 heavy (non-hydrogen) atoms. The summed E-state index contributed by atoms with van der Waals surface area (Å²) in [4.78, 5) is 8.37. The Morgan fingerprint density at radius 1 is 1.15 bits per heavy atom. The second-order valence-electron chi connectivity index (χ2n) is 4.86. The number of aryl methyl sites for hydroxylation is 1. The smallest absolute Gasteiger partial charge is 0.229 e. The first kappa shape index (κ1) is 12.8. The van der Waals surface area contributed by atoms with Crippen LogP contribution < -0.4 is 10.6 Å². The summed E-state index contributed by atoms with van der Waals surface area (Å²) in [5.41, 5.74) is 0.484. The van der Waals surface area contributed by atoms with Crippen molar-refractivity contribution in [2.45, 2.75) is 25.8 Å². The van der Waals surface area contributed by atoms with Crippen LogP contribution in [0.3, 0.4) is 0 Å². The lowest BCUT2D eigenvalue weighted by Crippen LogP contribution is -2.08. The molecule has 0 bridgehead atoms. The highest BCUT2D eigenvalue weighted by Gasteiger charge is 2.21. The van der Waals surface area contributed by atoms with E-state index in [4.69, 9.17) is 0 Å². The Bertz CT molecular complexity index is 621. The van der Waals surface area contributed by atoms with Gasteiger partial charge in [-0.15, -0.1) is 0 Å². The summed E-state index contributed by atoms with van der Waals surface area (Å²) in [6, 6.07) is 5.94. The van der Waals surface area contributed by atoms with E-state index in [0.29, 0.717) is 11.9 Å². The highest BCUT2D eigenvalue weighted by atomic mass is 19.1. The van der Waals surface area contributed by atoms with Gasteiger partial charge in [-0.2, -0.15) is 4.98 Å². The van der Waals surface area contributed by atoms with E-state index >= 15 is 0 Å².